The molecule has 1 atom stereocenters. The summed E-state index contributed by atoms with van der Waals surface area (Å²) in [6.07, 6.45) is 2.28. The lowest BCUT2D eigenvalue weighted by atomic mass is 9.96. The molecule has 1 aliphatic heterocycles. The van der Waals surface area contributed by atoms with Crippen LogP contribution in [0.2, 0.25) is 0 Å². The van der Waals surface area contributed by atoms with Crippen molar-refractivity contribution in [3.05, 3.63) is 53.3 Å². The fraction of sp³-hybridized carbons (Fsp3) is 0.429. The summed E-state index contributed by atoms with van der Waals surface area (Å²) in [5.41, 5.74) is 7.60. The number of hydrogen-bond acceptors (Lipinski definition) is 4. The molecule has 0 aliphatic carbocycles. The highest BCUT2D eigenvalue weighted by atomic mass is 32.2. The molecule has 1 fully saturated rings. The molecule has 1 saturated heterocycles. The number of sulfonamides is 1. The van der Waals surface area contributed by atoms with Gasteiger partial charge in [0.25, 0.3) is 5.91 Å². The molecule has 0 bridgehead atoms. The minimum Gasteiger partial charge on any atom is -0.364 e. The maximum Gasteiger partial charge on any atom is 0.265 e. The summed E-state index contributed by atoms with van der Waals surface area (Å²) in [7, 11) is -2.17. The molecule has 30 heavy (non-hydrogen) atoms. The Morgan fingerprint density at radius 3 is 2.40 bits per heavy atom. The summed E-state index contributed by atoms with van der Waals surface area (Å²) in [6, 6.07) is 9.09. The first-order chi connectivity index (χ1) is 14.1. The van der Waals surface area contributed by atoms with Gasteiger partial charge in [0.2, 0.25) is 15.9 Å². The Hall–Kier alpha value is -2.65. The Morgan fingerprint density at radius 1 is 1.20 bits per heavy atom. The van der Waals surface area contributed by atoms with E-state index in [0.29, 0.717) is 12.8 Å². The van der Waals surface area contributed by atoms with Crippen LogP contribution < -0.4 is 11.1 Å². The van der Waals surface area contributed by atoms with Crippen molar-refractivity contribution in [1.82, 2.24) is 14.2 Å². The van der Waals surface area contributed by atoms with Crippen molar-refractivity contribution in [2.24, 2.45) is 18.7 Å². The predicted octanol–water partition coefficient (Wildman–Crippen LogP) is 1.71. The quantitative estimate of drug-likeness (QED) is 0.723. The van der Waals surface area contributed by atoms with Crippen molar-refractivity contribution >= 4 is 21.8 Å². The van der Waals surface area contributed by atoms with Gasteiger partial charge >= 0.3 is 0 Å². The number of hydrogen-bond donors (Lipinski definition) is 2. The van der Waals surface area contributed by atoms with Crippen molar-refractivity contribution in [1.29, 1.82) is 0 Å². The summed E-state index contributed by atoms with van der Waals surface area (Å²) in [4.78, 5) is 24.2. The number of nitrogens with one attached hydrogen (secondary N) is 1. The fourth-order valence-corrected chi connectivity index (χ4v) is 5.45. The molecule has 1 unspecified atom stereocenters. The standard InChI is InChI=1S/C21H28N4O4S/c1-14-6-4-5-7-18(14)15(2)23-21(27)16-8-10-25(11-9-16)30(28,29)17-12-19(20(22)26)24(3)13-17/h4-7,12-13,15-16H,8-11H2,1-3H3,(H2,22,26)(H,23,27). The lowest BCUT2D eigenvalue weighted by Crippen LogP contribution is -2.43. The SMILES string of the molecule is Cc1ccccc1C(C)NC(=O)C1CCN(S(=O)(=O)c2cc(C(N)=O)n(C)c2)CC1. The number of carbonyl (C=O) groups excluding carboxylic acids is 2. The molecule has 0 radical (unpaired) electrons. The molecule has 3 N–H and O–H groups in total. The predicted molar refractivity (Wildman–Crippen MR) is 113 cm³/mol. The van der Waals surface area contributed by atoms with E-state index in [0.717, 1.165) is 11.1 Å². The van der Waals surface area contributed by atoms with Crippen LogP contribution in [0.15, 0.2) is 41.4 Å². The van der Waals surface area contributed by atoms with Crippen LogP contribution in [-0.2, 0) is 21.9 Å². The van der Waals surface area contributed by atoms with E-state index in [1.165, 1.54) is 21.1 Å². The first kappa shape index (κ1) is 22.0. The van der Waals surface area contributed by atoms with Gasteiger partial charge in [0, 0.05) is 32.3 Å². The Labute approximate surface area is 177 Å². The number of nitrogens with two attached hydrogens (primary N) is 1. The van der Waals surface area contributed by atoms with Gasteiger partial charge in [-0.15, -0.1) is 0 Å². The largest absolute Gasteiger partial charge is 0.364 e. The monoisotopic (exact) mass is 432 g/mol. The van der Waals surface area contributed by atoms with Gasteiger partial charge in [-0.1, -0.05) is 24.3 Å². The molecule has 3 rings (SSSR count). The maximum atomic E-state index is 12.9. The van der Waals surface area contributed by atoms with Crippen LogP contribution >= 0.6 is 0 Å². The van der Waals surface area contributed by atoms with Gasteiger partial charge in [0.15, 0.2) is 0 Å². The van der Waals surface area contributed by atoms with Crippen LogP contribution in [0.1, 0.15) is 47.4 Å². The molecule has 0 spiro atoms. The van der Waals surface area contributed by atoms with Crippen LogP contribution in [0.3, 0.4) is 0 Å². The molecule has 162 valence electrons. The van der Waals surface area contributed by atoms with Crippen LogP contribution in [0, 0.1) is 12.8 Å². The van der Waals surface area contributed by atoms with E-state index in [4.69, 9.17) is 5.73 Å². The summed E-state index contributed by atoms with van der Waals surface area (Å²) >= 11 is 0. The molecule has 0 saturated carbocycles. The third kappa shape index (κ3) is 4.41. The second-order valence-electron chi connectivity index (χ2n) is 7.80. The van der Waals surface area contributed by atoms with Crippen LogP contribution in [0.25, 0.3) is 0 Å². The third-order valence-electron chi connectivity index (χ3n) is 5.71. The fourth-order valence-electron chi connectivity index (χ4n) is 3.91. The van der Waals surface area contributed by atoms with Crippen LogP contribution in [0.4, 0.5) is 0 Å². The molecule has 1 aromatic carbocycles. The highest BCUT2D eigenvalue weighted by Gasteiger charge is 2.33. The zero-order valence-corrected chi connectivity index (χ0v) is 18.3. The summed E-state index contributed by atoms with van der Waals surface area (Å²) in [5.74, 6) is -0.976. The minimum atomic E-state index is -3.74. The average molecular weight is 433 g/mol. The minimum absolute atomic E-state index is 0.0369. The molecular formula is C21H28N4O4S. The van der Waals surface area contributed by atoms with E-state index < -0.39 is 15.9 Å². The number of aryl methyl sites for hydroxylation is 2. The number of piperidine rings is 1. The topological polar surface area (TPSA) is 114 Å². The smallest absolute Gasteiger partial charge is 0.265 e. The number of aromatic nitrogens is 1. The van der Waals surface area contributed by atoms with Crippen molar-refractivity contribution in [3.63, 3.8) is 0 Å². The number of carbonyl (C=O) groups is 2. The van der Waals surface area contributed by atoms with Gasteiger partial charge in [0.1, 0.15) is 10.6 Å². The first-order valence-electron chi connectivity index (χ1n) is 9.93. The number of rotatable bonds is 6. The Balaban J connectivity index is 1.62. The first-order valence-corrected chi connectivity index (χ1v) is 11.4. The molecule has 2 amide bonds. The molecule has 1 aromatic heterocycles. The molecule has 9 heteroatoms. The second kappa shape index (κ2) is 8.61. The van der Waals surface area contributed by atoms with Gasteiger partial charge in [-0.2, -0.15) is 4.31 Å². The molecular weight excluding hydrogens is 404 g/mol. The van der Waals surface area contributed by atoms with Crippen molar-refractivity contribution in [2.75, 3.05) is 13.1 Å². The zero-order chi connectivity index (χ0) is 22.1. The van der Waals surface area contributed by atoms with Gasteiger partial charge in [-0.05, 0) is 43.9 Å². The molecule has 2 heterocycles. The summed E-state index contributed by atoms with van der Waals surface area (Å²) < 4.78 is 28.6. The average Bonchev–Trinajstić information content (AvgIpc) is 3.11. The summed E-state index contributed by atoms with van der Waals surface area (Å²) in [6.45, 7) is 4.46. The molecule has 2 aromatic rings. The number of benzene rings is 1. The number of nitrogens with zero attached hydrogens (tertiary/aromatic N) is 2. The van der Waals surface area contributed by atoms with E-state index in [-0.39, 0.29) is 41.5 Å². The van der Waals surface area contributed by atoms with E-state index >= 15 is 0 Å². The Bertz CT molecular complexity index is 1050. The van der Waals surface area contributed by atoms with Gasteiger partial charge in [0.05, 0.1) is 6.04 Å². The van der Waals surface area contributed by atoms with Gasteiger partial charge in [-0.25, -0.2) is 8.42 Å². The summed E-state index contributed by atoms with van der Waals surface area (Å²) in [5, 5.41) is 3.05. The highest BCUT2D eigenvalue weighted by molar-refractivity contribution is 7.89. The highest BCUT2D eigenvalue weighted by Crippen LogP contribution is 2.26. The van der Waals surface area contributed by atoms with E-state index in [2.05, 4.69) is 5.32 Å². The van der Waals surface area contributed by atoms with Crippen LogP contribution in [-0.4, -0.2) is 42.2 Å². The van der Waals surface area contributed by atoms with E-state index in [1.807, 2.05) is 38.1 Å². The zero-order valence-electron chi connectivity index (χ0n) is 17.5. The van der Waals surface area contributed by atoms with Crippen molar-refractivity contribution < 1.29 is 18.0 Å². The second-order valence-corrected chi connectivity index (χ2v) is 9.74. The maximum absolute atomic E-state index is 12.9. The molecule has 1 aliphatic rings. The van der Waals surface area contributed by atoms with Crippen molar-refractivity contribution in [3.8, 4) is 0 Å². The van der Waals surface area contributed by atoms with Crippen LogP contribution in [0.5, 0.6) is 0 Å². The lowest BCUT2D eigenvalue weighted by Gasteiger charge is -2.31. The normalized spacial score (nSPS) is 16.9. The Kier molecular flexibility index (Phi) is 6.33. The van der Waals surface area contributed by atoms with E-state index in [1.54, 1.807) is 7.05 Å². The van der Waals surface area contributed by atoms with Gasteiger partial charge in [-0.3, -0.25) is 9.59 Å². The number of primary amides is 1. The van der Waals surface area contributed by atoms with E-state index in [9.17, 15) is 18.0 Å². The van der Waals surface area contributed by atoms with Gasteiger partial charge < -0.3 is 15.6 Å². The Morgan fingerprint density at radius 2 is 1.83 bits per heavy atom. The van der Waals surface area contributed by atoms with Crippen molar-refractivity contribution in [2.45, 2.75) is 37.6 Å². The third-order valence-corrected chi connectivity index (χ3v) is 7.57. The lowest BCUT2D eigenvalue weighted by molar-refractivity contribution is -0.126. The number of amides is 2. The molecule has 8 nitrogen and oxygen atoms in total.